The maximum Gasteiger partial charge on any atom is 0.335 e. The Labute approximate surface area is 147 Å². The zero-order valence-electron chi connectivity index (χ0n) is 14.4. The Balaban J connectivity index is 2.06. The minimum absolute atomic E-state index is 0.0119. The van der Waals surface area contributed by atoms with Gasteiger partial charge in [0, 0.05) is 25.0 Å². The first-order valence-electron chi connectivity index (χ1n) is 8.08. The molecule has 0 aliphatic carbocycles. The number of carbonyl (C=O) groups excluding carboxylic acids is 1. The molecular formula is C18H22N4O3. The lowest BCUT2D eigenvalue weighted by molar-refractivity contribution is -0.128. The summed E-state index contributed by atoms with van der Waals surface area (Å²) in [5.41, 5.74) is 0.622. The smallest absolute Gasteiger partial charge is 0.335 e. The number of aromatic carboxylic acids is 1. The van der Waals surface area contributed by atoms with Gasteiger partial charge in [0.2, 0.25) is 0 Å². The summed E-state index contributed by atoms with van der Waals surface area (Å²) in [7, 11) is 3.77. The Kier molecular flexibility index (Phi) is 6.14. The predicted molar refractivity (Wildman–Crippen MR) is 94.0 cm³/mol. The number of rotatable bonds is 5. The van der Waals surface area contributed by atoms with Crippen LogP contribution < -0.4 is 5.32 Å². The molecule has 2 N–H and O–H groups in total. The molecule has 1 aromatic carbocycles. The number of nitrogens with one attached hydrogen (secondary N) is 1. The van der Waals surface area contributed by atoms with E-state index in [2.05, 4.69) is 10.2 Å². The van der Waals surface area contributed by atoms with Gasteiger partial charge in [-0.3, -0.25) is 4.79 Å². The first-order valence-corrected chi connectivity index (χ1v) is 8.08. The fourth-order valence-electron chi connectivity index (χ4n) is 2.78. The molecule has 1 aliphatic rings. The number of carbonyl (C=O) groups is 2. The van der Waals surface area contributed by atoms with E-state index in [-0.39, 0.29) is 23.1 Å². The molecule has 1 heterocycles. The molecule has 0 radical (unpaired) electrons. The van der Waals surface area contributed by atoms with Gasteiger partial charge in [-0.15, -0.1) is 0 Å². The predicted octanol–water partition coefficient (Wildman–Crippen LogP) is 1.76. The largest absolute Gasteiger partial charge is 0.478 e. The van der Waals surface area contributed by atoms with Crippen molar-refractivity contribution in [1.29, 1.82) is 5.26 Å². The monoisotopic (exact) mass is 342 g/mol. The van der Waals surface area contributed by atoms with E-state index in [9.17, 15) is 14.9 Å². The maximum atomic E-state index is 12.5. The average Bonchev–Trinajstić information content (AvgIpc) is 2.62. The molecule has 1 amide bonds. The number of nitriles is 1. The Morgan fingerprint density at radius 1 is 1.40 bits per heavy atom. The van der Waals surface area contributed by atoms with Gasteiger partial charge in [-0.25, -0.2) is 4.79 Å². The maximum absolute atomic E-state index is 12.5. The highest BCUT2D eigenvalue weighted by Gasteiger charge is 2.25. The second-order valence-electron chi connectivity index (χ2n) is 6.15. The van der Waals surface area contributed by atoms with Crippen LogP contribution in [0.4, 0.5) is 5.69 Å². The molecule has 0 spiro atoms. The zero-order valence-corrected chi connectivity index (χ0v) is 14.4. The van der Waals surface area contributed by atoms with Crippen molar-refractivity contribution in [3.63, 3.8) is 0 Å². The minimum Gasteiger partial charge on any atom is -0.478 e. The number of carboxylic acid groups (broad SMARTS) is 1. The van der Waals surface area contributed by atoms with Crippen LogP contribution in [0, 0.1) is 11.3 Å². The number of hydrogen-bond acceptors (Lipinski definition) is 5. The number of anilines is 1. The Morgan fingerprint density at radius 2 is 2.08 bits per heavy atom. The molecule has 0 bridgehead atoms. The fraction of sp³-hybridized carbons (Fsp3) is 0.389. The van der Waals surface area contributed by atoms with Crippen LogP contribution in [0.25, 0.3) is 0 Å². The third-order valence-electron chi connectivity index (χ3n) is 4.40. The fourth-order valence-corrected chi connectivity index (χ4v) is 2.78. The van der Waals surface area contributed by atoms with Crippen molar-refractivity contribution >= 4 is 17.6 Å². The highest BCUT2D eigenvalue weighted by Crippen LogP contribution is 2.17. The van der Waals surface area contributed by atoms with Gasteiger partial charge in [0.1, 0.15) is 11.6 Å². The summed E-state index contributed by atoms with van der Waals surface area (Å²) in [4.78, 5) is 27.4. The van der Waals surface area contributed by atoms with Crippen molar-refractivity contribution in [1.82, 2.24) is 9.80 Å². The topological polar surface area (TPSA) is 96.7 Å². The minimum atomic E-state index is -1.04. The summed E-state index contributed by atoms with van der Waals surface area (Å²) >= 11 is 0. The quantitative estimate of drug-likeness (QED) is 0.625. The van der Waals surface area contributed by atoms with Crippen molar-refractivity contribution in [3.8, 4) is 6.07 Å². The summed E-state index contributed by atoms with van der Waals surface area (Å²) in [6.07, 6.45) is 3.09. The summed E-state index contributed by atoms with van der Waals surface area (Å²) in [5.74, 6) is -1.37. The number of likely N-dealkylation sites (N-methyl/N-ethyl adjacent to an activating group) is 1. The lowest BCUT2D eigenvalue weighted by Crippen LogP contribution is -2.44. The number of hydrogen-bond donors (Lipinski definition) is 2. The molecule has 0 aromatic heterocycles. The van der Waals surface area contributed by atoms with Crippen molar-refractivity contribution < 1.29 is 14.7 Å². The van der Waals surface area contributed by atoms with Crippen LogP contribution in [-0.2, 0) is 4.79 Å². The normalized spacial score (nSPS) is 16.1. The first-order chi connectivity index (χ1) is 11.9. The van der Waals surface area contributed by atoms with E-state index in [1.807, 2.05) is 13.1 Å². The standard InChI is InChI=1S/C18H22N4O3/c1-21-8-6-16(7-9-21)22(2)17(23)14(11-19)12-20-15-5-3-4-13(10-15)18(24)25/h3-5,10,12,16,20H,6-9H2,1-2H3,(H,24,25)/b14-12-. The van der Waals surface area contributed by atoms with Crippen LogP contribution in [0.2, 0.25) is 0 Å². The Morgan fingerprint density at radius 3 is 2.68 bits per heavy atom. The molecule has 132 valence electrons. The van der Waals surface area contributed by atoms with Crippen molar-refractivity contribution in [2.45, 2.75) is 18.9 Å². The zero-order chi connectivity index (χ0) is 18.4. The number of nitrogens with zero attached hydrogens (tertiary/aromatic N) is 3. The number of carboxylic acids is 1. The van der Waals surface area contributed by atoms with Crippen molar-refractivity contribution in [2.75, 3.05) is 32.5 Å². The lowest BCUT2D eigenvalue weighted by Gasteiger charge is -2.34. The molecule has 0 atom stereocenters. The number of amides is 1. The van der Waals surface area contributed by atoms with Gasteiger partial charge in [-0.05, 0) is 51.2 Å². The molecule has 7 heteroatoms. The highest BCUT2D eigenvalue weighted by atomic mass is 16.4. The van der Waals surface area contributed by atoms with Gasteiger partial charge in [0.25, 0.3) is 5.91 Å². The number of benzene rings is 1. The first kappa shape index (κ1) is 18.5. The van der Waals surface area contributed by atoms with E-state index in [0.717, 1.165) is 25.9 Å². The summed E-state index contributed by atoms with van der Waals surface area (Å²) in [6.45, 7) is 1.85. The highest BCUT2D eigenvalue weighted by molar-refractivity contribution is 5.97. The van der Waals surface area contributed by atoms with E-state index in [1.165, 1.54) is 18.3 Å². The Hall–Kier alpha value is -2.85. The van der Waals surface area contributed by atoms with E-state index in [0.29, 0.717) is 5.69 Å². The molecule has 1 fully saturated rings. The van der Waals surface area contributed by atoms with Crippen LogP contribution in [0.5, 0.6) is 0 Å². The summed E-state index contributed by atoms with van der Waals surface area (Å²) in [5, 5.41) is 21.1. The molecule has 7 nitrogen and oxygen atoms in total. The van der Waals surface area contributed by atoms with Gasteiger partial charge in [-0.2, -0.15) is 5.26 Å². The third kappa shape index (κ3) is 4.81. The number of piperidine rings is 1. The third-order valence-corrected chi connectivity index (χ3v) is 4.40. The van der Waals surface area contributed by atoms with Gasteiger partial charge < -0.3 is 20.2 Å². The Bertz CT molecular complexity index is 715. The average molecular weight is 342 g/mol. The molecule has 0 saturated carbocycles. The summed E-state index contributed by atoms with van der Waals surface area (Å²) < 4.78 is 0. The second kappa shape index (κ2) is 8.31. The van der Waals surface area contributed by atoms with Crippen LogP contribution in [-0.4, -0.2) is 60.0 Å². The molecule has 1 aliphatic heterocycles. The van der Waals surface area contributed by atoms with Gasteiger partial charge >= 0.3 is 5.97 Å². The molecule has 0 unspecified atom stereocenters. The molecule has 25 heavy (non-hydrogen) atoms. The van der Waals surface area contributed by atoms with E-state index in [1.54, 1.807) is 24.1 Å². The van der Waals surface area contributed by atoms with Gasteiger partial charge in [0.15, 0.2) is 0 Å². The van der Waals surface area contributed by atoms with Gasteiger partial charge in [-0.1, -0.05) is 6.07 Å². The SMILES string of the molecule is CN1CCC(N(C)C(=O)/C(C#N)=C\Nc2cccc(C(=O)O)c2)CC1. The van der Waals surface area contributed by atoms with Crippen LogP contribution >= 0.6 is 0 Å². The van der Waals surface area contributed by atoms with Crippen molar-refractivity contribution in [2.24, 2.45) is 0 Å². The van der Waals surface area contributed by atoms with Crippen LogP contribution in [0.1, 0.15) is 23.2 Å². The van der Waals surface area contributed by atoms with Crippen molar-refractivity contribution in [3.05, 3.63) is 41.6 Å². The van der Waals surface area contributed by atoms with E-state index in [4.69, 9.17) is 5.11 Å². The summed E-state index contributed by atoms with van der Waals surface area (Å²) in [6, 6.07) is 8.22. The van der Waals surface area contributed by atoms with E-state index < -0.39 is 5.97 Å². The van der Waals surface area contributed by atoms with Gasteiger partial charge in [0.05, 0.1) is 5.56 Å². The second-order valence-corrected chi connectivity index (χ2v) is 6.15. The van der Waals surface area contributed by atoms with E-state index >= 15 is 0 Å². The lowest BCUT2D eigenvalue weighted by atomic mass is 10.0. The number of likely N-dealkylation sites (tertiary alicyclic amines) is 1. The van der Waals surface area contributed by atoms with Crippen LogP contribution in [0.15, 0.2) is 36.0 Å². The molecule has 1 aromatic rings. The molecular weight excluding hydrogens is 320 g/mol. The molecule has 2 rings (SSSR count). The van der Waals surface area contributed by atoms with Crippen LogP contribution in [0.3, 0.4) is 0 Å². The molecule has 1 saturated heterocycles.